The molecule has 0 unspecified atom stereocenters. The van der Waals surface area contributed by atoms with Gasteiger partial charge in [0.25, 0.3) is 5.91 Å². The summed E-state index contributed by atoms with van der Waals surface area (Å²) in [5, 5.41) is 5.25. The van der Waals surface area contributed by atoms with E-state index in [0.717, 1.165) is 17.7 Å². The Hall–Kier alpha value is -2.67. The molecule has 7 heteroatoms. The van der Waals surface area contributed by atoms with Gasteiger partial charge >= 0.3 is 0 Å². The number of hydrogen-bond acceptors (Lipinski definition) is 5. The summed E-state index contributed by atoms with van der Waals surface area (Å²) in [4.78, 5) is 29.9. The number of benzene rings is 1. The first-order chi connectivity index (χ1) is 12.1. The Morgan fingerprint density at radius 1 is 1.52 bits per heavy atom. The Morgan fingerprint density at radius 3 is 3.12 bits per heavy atom. The average Bonchev–Trinajstić information content (AvgIpc) is 3.05. The molecular formula is C18H19N3O3S. The van der Waals surface area contributed by atoms with Crippen molar-refractivity contribution in [2.24, 2.45) is 0 Å². The van der Waals surface area contributed by atoms with Crippen molar-refractivity contribution in [2.45, 2.75) is 19.8 Å². The zero-order valence-electron chi connectivity index (χ0n) is 13.9. The number of anilines is 2. The van der Waals surface area contributed by atoms with Crippen LogP contribution in [-0.2, 0) is 9.59 Å². The van der Waals surface area contributed by atoms with Gasteiger partial charge in [0.2, 0.25) is 5.91 Å². The van der Waals surface area contributed by atoms with Gasteiger partial charge in [-0.05, 0) is 24.6 Å². The van der Waals surface area contributed by atoms with Crippen molar-refractivity contribution < 1.29 is 14.3 Å². The minimum atomic E-state index is -0.102. The van der Waals surface area contributed by atoms with Crippen molar-refractivity contribution in [3.05, 3.63) is 36.2 Å². The molecule has 0 aliphatic carbocycles. The molecule has 3 rings (SSSR count). The van der Waals surface area contributed by atoms with Crippen molar-refractivity contribution in [2.75, 3.05) is 23.4 Å². The summed E-state index contributed by atoms with van der Waals surface area (Å²) in [5.41, 5.74) is 2.31. The minimum absolute atomic E-state index is 0.0322. The number of carbonyl (C=O) groups is 2. The van der Waals surface area contributed by atoms with Gasteiger partial charge in [0, 0.05) is 23.9 Å². The highest BCUT2D eigenvalue weighted by Crippen LogP contribution is 2.36. The fraction of sp³-hybridized carbons (Fsp3) is 0.278. The lowest BCUT2D eigenvalue weighted by Gasteiger charge is -2.28. The molecule has 0 spiro atoms. The number of carbonyl (C=O) groups excluding carboxylic acids is 2. The third kappa shape index (κ3) is 3.71. The molecule has 6 nitrogen and oxygen atoms in total. The molecule has 1 aromatic heterocycles. The molecule has 2 heterocycles. The zero-order chi connectivity index (χ0) is 17.8. The van der Waals surface area contributed by atoms with Crippen LogP contribution >= 0.6 is 11.3 Å². The Morgan fingerprint density at radius 2 is 2.36 bits per heavy atom. The van der Waals surface area contributed by atoms with Crippen LogP contribution in [0.5, 0.6) is 5.75 Å². The Balaban J connectivity index is 1.87. The number of aromatic nitrogens is 1. The summed E-state index contributed by atoms with van der Waals surface area (Å²) in [5.74, 6) is 0.525. The quantitative estimate of drug-likeness (QED) is 0.804. The number of fused-ring (bicyclic) bond motifs is 1. The highest BCUT2D eigenvalue weighted by molar-refractivity contribution is 7.14. The number of amides is 2. The fourth-order valence-corrected chi connectivity index (χ4v) is 3.30. The van der Waals surface area contributed by atoms with Crippen LogP contribution in [0.3, 0.4) is 0 Å². The summed E-state index contributed by atoms with van der Waals surface area (Å²) >= 11 is 1.38. The van der Waals surface area contributed by atoms with E-state index in [2.05, 4.69) is 16.9 Å². The van der Waals surface area contributed by atoms with Gasteiger partial charge in [0.05, 0.1) is 11.4 Å². The first-order valence-electron chi connectivity index (χ1n) is 8.06. The minimum Gasteiger partial charge on any atom is -0.482 e. The lowest BCUT2D eigenvalue weighted by molar-refractivity contribution is -0.121. The van der Waals surface area contributed by atoms with Crippen LogP contribution in [0.4, 0.5) is 10.8 Å². The van der Waals surface area contributed by atoms with Gasteiger partial charge < -0.3 is 15.0 Å². The summed E-state index contributed by atoms with van der Waals surface area (Å²) in [6.45, 7) is 6.12. The number of thiazole rings is 1. The predicted octanol–water partition coefficient (Wildman–Crippen LogP) is 3.46. The van der Waals surface area contributed by atoms with E-state index in [4.69, 9.17) is 4.74 Å². The largest absolute Gasteiger partial charge is 0.482 e. The Bertz CT molecular complexity index is 816. The summed E-state index contributed by atoms with van der Waals surface area (Å²) in [7, 11) is 0. The highest BCUT2D eigenvalue weighted by atomic mass is 32.1. The van der Waals surface area contributed by atoms with E-state index in [0.29, 0.717) is 29.5 Å². The molecular weight excluding hydrogens is 338 g/mol. The molecule has 25 heavy (non-hydrogen) atoms. The third-order valence-corrected chi connectivity index (χ3v) is 4.49. The highest BCUT2D eigenvalue weighted by Gasteiger charge is 2.25. The maximum atomic E-state index is 12.1. The van der Waals surface area contributed by atoms with E-state index in [9.17, 15) is 9.59 Å². The second kappa shape index (κ2) is 7.48. The maximum Gasteiger partial charge on any atom is 0.265 e. The summed E-state index contributed by atoms with van der Waals surface area (Å²) in [6, 6.07) is 5.61. The van der Waals surface area contributed by atoms with Gasteiger partial charge in [-0.15, -0.1) is 17.9 Å². The molecule has 130 valence electrons. The number of rotatable bonds is 6. The van der Waals surface area contributed by atoms with Crippen LogP contribution in [0, 0.1) is 0 Å². The third-order valence-electron chi connectivity index (χ3n) is 3.74. The second-order valence-corrected chi connectivity index (χ2v) is 6.46. The molecule has 2 aromatic rings. The number of ether oxygens (including phenoxy) is 1. The Labute approximate surface area is 150 Å². The van der Waals surface area contributed by atoms with Gasteiger partial charge in [0.15, 0.2) is 11.7 Å². The summed E-state index contributed by atoms with van der Waals surface area (Å²) < 4.78 is 5.49. The number of nitrogens with one attached hydrogen (secondary N) is 1. The molecule has 0 radical (unpaired) electrons. The topological polar surface area (TPSA) is 71.5 Å². The molecule has 1 aromatic carbocycles. The summed E-state index contributed by atoms with van der Waals surface area (Å²) in [6.07, 6.45) is 2.95. The van der Waals surface area contributed by atoms with E-state index in [1.807, 2.05) is 30.5 Å². The van der Waals surface area contributed by atoms with Crippen LogP contribution in [0.15, 0.2) is 36.2 Å². The van der Waals surface area contributed by atoms with Gasteiger partial charge in [0.1, 0.15) is 5.75 Å². The van der Waals surface area contributed by atoms with Crippen LogP contribution in [0.2, 0.25) is 0 Å². The standard InChI is InChI=1S/C18H19N3O3S/c1-3-5-16(22)20-18-19-13(11-25-18)12-6-7-15-14(9-12)21(8-4-2)17(23)10-24-15/h4,6-7,9,11H,2-3,5,8,10H2,1H3,(H,19,20,22). The zero-order valence-corrected chi connectivity index (χ0v) is 14.8. The van der Waals surface area contributed by atoms with Gasteiger partial charge in [-0.2, -0.15) is 0 Å². The molecule has 0 saturated carbocycles. The van der Waals surface area contributed by atoms with Crippen LogP contribution in [-0.4, -0.2) is 29.9 Å². The number of hydrogen-bond donors (Lipinski definition) is 1. The van der Waals surface area contributed by atoms with Crippen molar-refractivity contribution in [3.63, 3.8) is 0 Å². The lowest BCUT2D eigenvalue weighted by Crippen LogP contribution is -2.38. The first kappa shape index (κ1) is 17.2. The van der Waals surface area contributed by atoms with E-state index in [1.165, 1.54) is 11.3 Å². The van der Waals surface area contributed by atoms with Gasteiger partial charge in [-0.3, -0.25) is 9.59 Å². The SMILES string of the molecule is C=CCN1C(=O)COc2ccc(-c3csc(NC(=O)CCC)n3)cc21. The first-order valence-corrected chi connectivity index (χ1v) is 8.94. The molecule has 0 saturated heterocycles. The van der Waals surface area contributed by atoms with E-state index in [-0.39, 0.29) is 18.4 Å². The smallest absolute Gasteiger partial charge is 0.265 e. The molecule has 0 fully saturated rings. The Kier molecular flexibility index (Phi) is 5.14. The monoisotopic (exact) mass is 357 g/mol. The van der Waals surface area contributed by atoms with Crippen LogP contribution < -0.4 is 15.0 Å². The van der Waals surface area contributed by atoms with Crippen molar-refractivity contribution in [1.29, 1.82) is 0 Å². The van der Waals surface area contributed by atoms with Crippen molar-refractivity contribution in [3.8, 4) is 17.0 Å². The molecule has 1 aliphatic rings. The van der Waals surface area contributed by atoms with Crippen LogP contribution in [0.25, 0.3) is 11.3 Å². The second-order valence-electron chi connectivity index (χ2n) is 5.60. The average molecular weight is 357 g/mol. The van der Waals surface area contributed by atoms with E-state index in [1.54, 1.807) is 11.0 Å². The normalized spacial score (nSPS) is 13.2. The van der Waals surface area contributed by atoms with E-state index >= 15 is 0 Å². The maximum absolute atomic E-state index is 12.1. The van der Waals surface area contributed by atoms with E-state index < -0.39 is 0 Å². The van der Waals surface area contributed by atoms with Gasteiger partial charge in [-0.1, -0.05) is 13.0 Å². The molecule has 0 bridgehead atoms. The van der Waals surface area contributed by atoms with Crippen molar-refractivity contribution >= 4 is 34.0 Å². The lowest BCUT2D eigenvalue weighted by atomic mass is 10.1. The van der Waals surface area contributed by atoms with Crippen LogP contribution in [0.1, 0.15) is 19.8 Å². The fourth-order valence-electron chi connectivity index (χ4n) is 2.56. The molecule has 2 amide bonds. The van der Waals surface area contributed by atoms with Gasteiger partial charge in [-0.25, -0.2) is 4.98 Å². The number of nitrogens with zero attached hydrogens (tertiary/aromatic N) is 2. The molecule has 1 N–H and O–H groups in total. The van der Waals surface area contributed by atoms with Crippen molar-refractivity contribution in [1.82, 2.24) is 4.98 Å². The molecule has 0 atom stereocenters. The molecule has 1 aliphatic heterocycles. The predicted molar refractivity (Wildman–Crippen MR) is 99.1 cm³/mol.